The van der Waals surface area contributed by atoms with E-state index in [0.717, 1.165) is 11.4 Å². The zero-order valence-electron chi connectivity index (χ0n) is 10.2. The van der Waals surface area contributed by atoms with Crippen LogP contribution in [0, 0.1) is 19.8 Å². The monoisotopic (exact) mass is 191 g/mol. The molecule has 1 nitrogen and oxygen atoms in total. The van der Waals surface area contributed by atoms with Gasteiger partial charge in [0.05, 0.1) is 0 Å². The molecule has 0 bridgehead atoms. The second kappa shape index (κ2) is 3.72. The van der Waals surface area contributed by atoms with Gasteiger partial charge >= 0.3 is 0 Å². The van der Waals surface area contributed by atoms with Crippen LogP contribution in [0.25, 0.3) is 0 Å². The highest BCUT2D eigenvalue weighted by Crippen LogP contribution is 2.31. The molecule has 1 aromatic heterocycles. The van der Waals surface area contributed by atoms with Crippen molar-refractivity contribution in [1.29, 1.82) is 0 Å². The third-order valence-corrected chi connectivity index (χ3v) is 3.27. The van der Waals surface area contributed by atoms with Gasteiger partial charge in [0.15, 0.2) is 0 Å². The Morgan fingerprint density at radius 3 is 1.86 bits per heavy atom. The van der Waals surface area contributed by atoms with Gasteiger partial charge in [-0.25, -0.2) is 0 Å². The summed E-state index contributed by atoms with van der Waals surface area (Å²) in [7, 11) is 0. The molecular formula is C13H21N. The predicted molar refractivity (Wildman–Crippen MR) is 61.6 cm³/mol. The number of aromatic nitrogens is 1. The molecule has 0 unspecified atom stereocenters. The summed E-state index contributed by atoms with van der Waals surface area (Å²) in [6, 6.07) is 4.40. The van der Waals surface area contributed by atoms with Gasteiger partial charge in [0.1, 0.15) is 0 Å². The normalized spacial score (nSPS) is 12.2. The molecule has 0 aliphatic carbocycles. The van der Waals surface area contributed by atoms with Crippen molar-refractivity contribution in [1.82, 2.24) is 4.98 Å². The molecule has 0 spiro atoms. The quantitative estimate of drug-likeness (QED) is 0.695. The molecule has 1 heteroatoms. The lowest BCUT2D eigenvalue weighted by molar-refractivity contribution is 0.371. The molecule has 0 amide bonds. The van der Waals surface area contributed by atoms with Crippen molar-refractivity contribution >= 4 is 0 Å². The Morgan fingerprint density at radius 1 is 1.07 bits per heavy atom. The van der Waals surface area contributed by atoms with Crippen LogP contribution in [-0.4, -0.2) is 4.98 Å². The van der Waals surface area contributed by atoms with Crippen molar-refractivity contribution in [3.05, 3.63) is 29.1 Å². The lowest BCUT2D eigenvalue weighted by Gasteiger charge is -2.30. The van der Waals surface area contributed by atoms with Gasteiger partial charge in [-0.15, -0.1) is 0 Å². The van der Waals surface area contributed by atoms with Crippen LogP contribution in [0.4, 0.5) is 0 Å². The highest BCUT2D eigenvalue weighted by molar-refractivity contribution is 5.27. The van der Waals surface area contributed by atoms with Gasteiger partial charge in [-0.1, -0.05) is 27.7 Å². The van der Waals surface area contributed by atoms with Crippen LogP contribution in [0.5, 0.6) is 0 Å². The van der Waals surface area contributed by atoms with E-state index in [4.69, 9.17) is 0 Å². The van der Waals surface area contributed by atoms with Gasteiger partial charge in [0.25, 0.3) is 0 Å². The third-order valence-electron chi connectivity index (χ3n) is 3.27. The molecule has 14 heavy (non-hydrogen) atoms. The van der Waals surface area contributed by atoms with Crippen LogP contribution in [0.2, 0.25) is 0 Å². The summed E-state index contributed by atoms with van der Waals surface area (Å²) < 4.78 is 0. The van der Waals surface area contributed by atoms with Gasteiger partial charge in [-0.05, 0) is 42.9 Å². The van der Waals surface area contributed by atoms with E-state index in [0.29, 0.717) is 5.92 Å². The summed E-state index contributed by atoms with van der Waals surface area (Å²) in [4.78, 5) is 4.41. The summed E-state index contributed by atoms with van der Waals surface area (Å²) >= 11 is 0. The first kappa shape index (κ1) is 11.2. The Labute approximate surface area is 87.6 Å². The maximum absolute atomic E-state index is 4.41. The van der Waals surface area contributed by atoms with E-state index < -0.39 is 0 Å². The van der Waals surface area contributed by atoms with Crippen molar-refractivity contribution < 1.29 is 0 Å². The molecule has 78 valence electrons. The number of aryl methyl sites for hydroxylation is 2. The topological polar surface area (TPSA) is 12.9 Å². The number of pyridine rings is 1. The van der Waals surface area contributed by atoms with Crippen molar-refractivity contribution in [2.75, 3.05) is 0 Å². The smallest absolute Gasteiger partial charge is 0.0378 e. The van der Waals surface area contributed by atoms with E-state index in [1.807, 2.05) is 0 Å². The van der Waals surface area contributed by atoms with E-state index in [1.54, 1.807) is 0 Å². The van der Waals surface area contributed by atoms with Crippen molar-refractivity contribution in [2.24, 2.45) is 5.92 Å². The molecule has 1 rings (SSSR count). The average Bonchev–Trinajstić information content (AvgIpc) is 2.01. The summed E-state index contributed by atoms with van der Waals surface area (Å²) in [6.07, 6.45) is 0. The van der Waals surface area contributed by atoms with Gasteiger partial charge in [-0.2, -0.15) is 0 Å². The molecule has 0 radical (unpaired) electrons. The Morgan fingerprint density at radius 2 is 1.50 bits per heavy atom. The first-order chi connectivity index (χ1) is 6.34. The van der Waals surface area contributed by atoms with Gasteiger partial charge in [0, 0.05) is 11.4 Å². The maximum atomic E-state index is 4.41. The maximum Gasteiger partial charge on any atom is 0.0378 e. The lowest BCUT2D eigenvalue weighted by atomic mass is 9.75. The molecule has 1 aromatic rings. The first-order valence-electron chi connectivity index (χ1n) is 5.30. The summed E-state index contributed by atoms with van der Waals surface area (Å²) in [6.45, 7) is 13.3. The Balaban J connectivity index is 3.18. The SMILES string of the molecule is Cc1cc(C(C)(C)C(C)C)cc(C)n1. The summed E-state index contributed by atoms with van der Waals surface area (Å²) in [5, 5.41) is 0. The minimum Gasteiger partial charge on any atom is -0.258 e. The van der Waals surface area contributed by atoms with Crippen LogP contribution < -0.4 is 0 Å². The minimum absolute atomic E-state index is 0.235. The van der Waals surface area contributed by atoms with Crippen LogP contribution in [0.15, 0.2) is 12.1 Å². The summed E-state index contributed by atoms with van der Waals surface area (Å²) in [5.74, 6) is 0.642. The number of hydrogen-bond acceptors (Lipinski definition) is 1. The van der Waals surface area contributed by atoms with E-state index in [-0.39, 0.29) is 5.41 Å². The highest BCUT2D eigenvalue weighted by Gasteiger charge is 2.24. The second-order valence-corrected chi connectivity index (χ2v) is 5.01. The Hall–Kier alpha value is -0.850. The minimum atomic E-state index is 0.235. The summed E-state index contributed by atoms with van der Waals surface area (Å²) in [5.41, 5.74) is 3.87. The largest absolute Gasteiger partial charge is 0.258 e. The van der Waals surface area contributed by atoms with Crippen molar-refractivity contribution in [3.8, 4) is 0 Å². The fraction of sp³-hybridized carbons (Fsp3) is 0.615. The van der Waals surface area contributed by atoms with Gasteiger partial charge in [-0.3, -0.25) is 4.98 Å². The number of rotatable bonds is 2. The highest BCUT2D eigenvalue weighted by atomic mass is 14.7. The second-order valence-electron chi connectivity index (χ2n) is 5.01. The standard InChI is InChI=1S/C13H21N/c1-9(2)13(5,6)12-7-10(3)14-11(4)8-12/h7-9H,1-6H3. The zero-order chi connectivity index (χ0) is 10.9. The fourth-order valence-corrected chi connectivity index (χ4v) is 1.54. The van der Waals surface area contributed by atoms with Crippen LogP contribution in [0.3, 0.4) is 0 Å². The van der Waals surface area contributed by atoms with Crippen molar-refractivity contribution in [3.63, 3.8) is 0 Å². The number of nitrogens with zero attached hydrogens (tertiary/aromatic N) is 1. The fourth-order valence-electron chi connectivity index (χ4n) is 1.54. The van der Waals surface area contributed by atoms with Crippen molar-refractivity contribution in [2.45, 2.75) is 47.0 Å². The van der Waals surface area contributed by atoms with Crippen LogP contribution in [-0.2, 0) is 5.41 Å². The van der Waals surface area contributed by atoms with E-state index >= 15 is 0 Å². The Kier molecular flexibility index (Phi) is 2.98. The van der Waals surface area contributed by atoms with E-state index in [9.17, 15) is 0 Å². The molecule has 0 aliphatic rings. The first-order valence-corrected chi connectivity index (χ1v) is 5.30. The molecule has 0 saturated heterocycles. The molecule has 0 N–H and O–H groups in total. The molecule has 0 saturated carbocycles. The van der Waals surface area contributed by atoms with Gasteiger partial charge in [0.2, 0.25) is 0 Å². The molecular weight excluding hydrogens is 170 g/mol. The molecule has 0 aromatic carbocycles. The van der Waals surface area contributed by atoms with Gasteiger partial charge < -0.3 is 0 Å². The van der Waals surface area contributed by atoms with Crippen LogP contribution >= 0.6 is 0 Å². The molecule has 0 fully saturated rings. The average molecular weight is 191 g/mol. The van der Waals surface area contributed by atoms with Crippen LogP contribution in [0.1, 0.15) is 44.6 Å². The Bertz CT molecular complexity index is 304. The molecule has 0 aliphatic heterocycles. The molecule has 0 atom stereocenters. The zero-order valence-corrected chi connectivity index (χ0v) is 10.2. The van der Waals surface area contributed by atoms with E-state index in [1.165, 1.54) is 5.56 Å². The third kappa shape index (κ3) is 2.14. The lowest BCUT2D eigenvalue weighted by Crippen LogP contribution is -2.24. The van der Waals surface area contributed by atoms with E-state index in [2.05, 4.69) is 58.7 Å². The molecule has 1 heterocycles. The number of hydrogen-bond donors (Lipinski definition) is 0. The predicted octanol–water partition coefficient (Wildman–Crippen LogP) is 3.63.